The van der Waals surface area contributed by atoms with Gasteiger partial charge < -0.3 is 24.4 Å². The number of benzene rings is 1. The Labute approximate surface area is 266 Å². The van der Waals surface area contributed by atoms with Crippen LogP contribution < -0.4 is 10.1 Å². The minimum atomic E-state index is -4.16. The van der Waals surface area contributed by atoms with Gasteiger partial charge in [-0.2, -0.15) is 13.2 Å². The Balaban J connectivity index is 1.31. The van der Waals surface area contributed by atoms with Gasteiger partial charge in [-0.25, -0.2) is 9.37 Å². The number of rotatable bonds is 11. The number of halogens is 4. The van der Waals surface area contributed by atoms with E-state index in [1.807, 2.05) is 40.6 Å². The van der Waals surface area contributed by atoms with Gasteiger partial charge in [0.2, 0.25) is 5.95 Å². The first-order valence-corrected chi connectivity index (χ1v) is 16.0. The molecule has 1 atom stereocenters. The van der Waals surface area contributed by atoms with Crippen LogP contribution in [0.2, 0.25) is 0 Å². The van der Waals surface area contributed by atoms with Gasteiger partial charge in [0.1, 0.15) is 0 Å². The van der Waals surface area contributed by atoms with Gasteiger partial charge in [0.15, 0.2) is 11.6 Å². The molecule has 1 N–H and O–H groups in total. The molecule has 1 saturated carbocycles. The molecule has 4 heterocycles. The Morgan fingerprint density at radius 1 is 1.07 bits per heavy atom. The molecule has 2 aliphatic heterocycles. The van der Waals surface area contributed by atoms with Crippen molar-refractivity contribution in [3.8, 4) is 5.75 Å². The summed E-state index contributed by atoms with van der Waals surface area (Å²) in [5.41, 5.74) is 4.20. The lowest BCUT2D eigenvalue weighted by atomic mass is 9.81. The standard InChI is InChI=1S/C33H41F4N7O2/c1-4-46-28-17-27(40-18-26(28)34)22(2)44-21-32(5-6-32)29-24(20-42-13-11-41(12-14-42)9-7-33(35,36)37)15-23(16-25(29)30(44)45)19-43-10-8-39-31(43)38-3/h8,10,15-18,22H,4-7,9,11-14,19-21H2,1-3H3,(H,38,39)/t22-/m0/s1. The second-order valence-electron chi connectivity index (χ2n) is 12.7. The Morgan fingerprint density at radius 2 is 1.80 bits per heavy atom. The molecule has 3 aliphatic rings. The highest BCUT2D eigenvalue weighted by Crippen LogP contribution is 2.55. The fourth-order valence-electron chi connectivity index (χ4n) is 6.93. The predicted molar refractivity (Wildman–Crippen MR) is 165 cm³/mol. The number of carbonyl (C=O) groups is 1. The average molecular weight is 644 g/mol. The number of nitrogens with zero attached hydrogens (tertiary/aromatic N) is 6. The highest BCUT2D eigenvalue weighted by atomic mass is 19.4. The third-order valence-electron chi connectivity index (χ3n) is 9.53. The van der Waals surface area contributed by atoms with E-state index in [4.69, 9.17) is 4.74 Å². The van der Waals surface area contributed by atoms with Gasteiger partial charge in [-0.15, -0.1) is 0 Å². The van der Waals surface area contributed by atoms with Crippen molar-refractivity contribution in [2.24, 2.45) is 0 Å². The Bertz CT molecular complexity index is 1560. The number of piperazine rings is 1. The van der Waals surface area contributed by atoms with Crippen LogP contribution in [-0.2, 0) is 18.5 Å². The molecule has 13 heteroatoms. The first kappa shape index (κ1) is 32.2. The summed E-state index contributed by atoms with van der Waals surface area (Å²) < 4.78 is 60.2. The lowest BCUT2D eigenvalue weighted by molar-refractivity contribution is -0.138. The fraction of sp³-hybridized carbons (Fsp3) is 0.545. The molecule has 3 aromatic rings. The smallest absolute Gasteiger partial charge is 0.390 e. The molecule has 2 aromatic heterocycles. The number of anilines is 1. The van der Waals surface area contributed by atoms with Crippen LogP contribution in [-0.4, -0.2) is 94.2 Å². The van der Waals surface area contributed by atoms with Crippen LogP contribution in [0, 0.1) is 5.82 Å². The maximum Gasteiger partial charge on any atom is 0.390 e. The first-order valence-electron chi connectivity index (χ1n) is 16.0. The summed E-state index contributed by atoms with van der Waals surface area (Å²) in [5.74, 6) is 0.197. The van der Waals surface area contributed by atoms with Crippen LogP contribution in [0.1, 0.15) is 71.9 Å². The molecular weight excluding hydrogens is 602 g/mol. The van der Waals surface area contributed by atoms with E-state index in [1.165, 1.54) is 0 Å². The van der Waals surface area contributed by atoms with E-state index < -0.39 is 24.5 Å². The van der Waals surface area contributed by atoms with Gasteiger partial charge in [0, 0.05) is 82.3 Å². The SMILES string of the molecule is CCOc1cc([C@H](C)N2CC3(CC3)c3c(CN4CCN(CCC(F)(F)F)CC4)cc(Cn4ccnc4NC)cc3C2=O)ncc1F. The number of hydrogen-bond donors (Lipinski definition) is 1. The van der Waals surface area contributed by atoms with E-state index in [2.05, 4.69) is 26.3 Å². The quantitative estimate of drug-likeness (QED) is 0.287. The van der Waals surface area contributed by atoms with E-state index in [0.29, 0.717) is 69.6 Å². The van der Waals surface area contributed by atoms with Gasteiger partial charge in [-0.3, -0.25) is 14.7 Å². The first-order chi connectivity index (χ1) is 22.0. The van der Waals surface area contributed by atoms with Crippen molar-refractivity contribution in [1.82, 2.24) is 29.2 Å². The zero-order chi connectivity index (χ0) is 32.6. The molecule has 9 nitrogen and oxygen atoms in total. The zero-order valence-electron chi connectivity index (χ0n) is 26.5. The molecule has 1 spiro atoms. The van der Waals surface area contributed by atoms with Gasteiger partial charge in [0.05, 0.1) is 37.5 Å². The zero-order valence-corrected chi connectivity index (χ0v) is 26.5. The highest BCUT2D eigenvalue weighted by Gasteiger charge is 2.53. The van der Waals surface area contributed by atoms with Gasteiger partial charge in [-0.05, 0) is 49.4 Å². The largest absolute Gasteiger partial charge is 0.491 e. The van der Waals surface area contributed by atoms with Crippen LogP contribution in [0.4, 0.5) is 23.5 Å². The lowest BCUT2D eigenvalue weighted by Crippen LogP contribution is -2.48. The summed E-state index contributed by atoms with van der Waals surface area (Å²) in [7, 11) is 1.81. The van der Waals surface area contributed by atoms with Crippen molar-refractivity contribution >= 4 is 11.9 Å². The molecule has 0 radical (unpaired) electrons. The Kier molecular flexibility index (Phi) is 8.99. The Morgan fingerprint density at radius 3 is 2.48 bits per heavy atom. The van der Waals surface area contributed by atoms with Crippen LogP contribution in [0.3, 0.4) is 0 Å². The molecule has 1 saturated heterocycles. The number of imidazole rings is 1. The summed E-state index contributed by atoms with van der Waals surface area (Å²) in [6.07, 6.45) is 1.69. The van der Waals surface area contributed by atoms with Gasteiger partial charge >= 0.3 is 6.18 Å². The van der Waals surface area contributed by atoms with Gasteiger partial charge in [0.25, 0.3) is 5.91 Å². The molecule has 248 valence electrons. The fourth-order valence-corrected chi connectivity index (χ4v) is 6.93. The summed E-state index contributed by atoms with van der Waals surface area (Å²) in [6, 6.07) is 5.37. The highest BCUT2D eigenvalue weighted by molar-refractivity contribution is 5.98. The number of hydrogen-bond acceptors (Lipinski definition) is 7. The summed E-state index contributed by atoms with van der Waals surface area (Å²) in [6.45, 7) is 8.16. The number of fused-ring (bicyclic) bond motifs is 2. The van der Waals surface area contributed by atoms with Crippen molar-refractivity contribution < 1.29 is 27.1 Å². The van der Waals surface area contributed by atoms with Crippen molar-refractivity contribution in [2.75, 3.05) is 58.2 Å². The molecule has 6 rings (SSSR count). The van der Waals surface area contributed by atoms with E-state index >= 15 is 0 Å². The number of amides is 1. The van der Waals surface area contributed by atoms with Crippen molar-refractivity contribution in [2.45, 2.75) is 63.8 Å². The van der Waals surface area contributed by atoms with Crippen molar-refractivity contribution in [1.29, 1.82) is 0 Å². The Hall–Kier alpha value is -3.71. The van der Waals surface area contributed by atoms with E-state index in [1.54, 1.807) is 19.2 Å². The summed E-state index contributed by atoms with van der Waals surface area (Å²) in [4.78, 5) is 29.1. The van der Waals surface area contributed by atoms with Crippen LogP contribution in [0.15, 0.2) is 36.8 Å². The second-order valence-corrected chi connectivity index (χ2v) is 12.7. The molecule has 0 unspecified atom stereocenters. The lowest BCUT2D eigenvalue weighted by Gasteiger charge is -2.41. The molecule has 2 fully saturated rings. The van der Waals surface area contributed by atoms with Crippen molar-refractivity contribution in [3.05, 3.63) is 70.6 Å². The molecule has 0 bridgehead atoms. The van der Waals surface area contributed by atoms with E-state index in [0.717, 1.165) is 35.7 Å². The second kappa shape index (κ2) is 12.8. The summed E-state index contributed by atoms with van der Waals surface area (Å²) in [5, 5.41) is 3.10. The minimum Gasteiger partial charge on any atom is -0.491 e. The maximum atomic E-state index is 14.4. The normalized spacial score (nSPS) is 18.9. The van der Waals surface area contributed by atoms with Crippen LogP contribution in [0.5, 0.6) is 5.75 Å². The number of aromatic nitrogens is 3. The van der Waals surface area contributed by atoms with E-state index in [-0.39, 0.29) is 23.6 Å². The molecule has 46 heavy (non-hydrogen) atoms. The van der Waals surface area contributed by atoms with Crippen molar-refractivity contribution in [3.63, 3.8) is 0 Å². The number of pyridine rings is 1. The number of carbonyl (C=O) groups excluding carboxylic acids is 1. The molecule has 1 aliphatic carbocycles. The summed E-state index contributed by atoms with van der Waals surface area (Å²) >= 11 is 0. The third kappa shape index (κ3) is 6.71. The number of nitrogens with one attached hydrogen (secondary N) is 1. The predicted octanol–water partition coefficient (Wildman–Crippen LogP) is 5.22. The molecule has 1 amide bonds. The average Bonchev–Trinajstić information content (AvgIpc) is 3.65. The van der Waals surface area contributed by atoms with E-state index in [9.17, 15) is 22.4 Å². The minimum absolute atomic E-state index is 0.0154. The molecule has 1 aromatic carbocycles. The van der Waals surface area contributed by atoms with Gasteiger partial charge in [-0.1, -0.05) is 6.07 Å². The van der Waals surface area contributed by atoms with Crippen LogP contribution >= 0.6 is 0 Å². The number of ether oxygens (including phenoxy) is 1. The third-order valence-corrected chi connectivity index (χ3v) is 9.53. The monoisotopic (exact) mass is 643 g/mol. The topological polar surface area (TPSA) is 78.8 Å². The number of alkyl halides is 3. The maximum absolute atomic E-state index is 14.4. The van der Waals surface area contributed by atoms with Crippen LogP contribution in [0.25, 0.3) is 0 Å². The molecular formula is C33H41F4N7O2.